The number of H-pyrrole nitrogens is 1. The highest BCUT2D eigenvalue weighted by atomic mass is 35.5. The molecule has 1 aliphatic heterocycles. The van der Waals surface area contributed by atoms with Crippen LogP contribution in [0.3, 0.4) is 0 Å². The molecule has 1 fully saturated rings. The van der Waals surface area contributed by atoms with Gasteiger partial charge in [0.05, 0.1) is 5.69 Å². The molecule has 0 saturated heterocycles. The zero-order valence-corrected chi connectivity index (χ0v) is 12.6. The van der Waals surface area contributed by atoms with Crippen LogP contribution in [-0.2, 0) is 13.0 Å². The van der Waals surface area contributed by atoms with Gasteiger partial charge in [0.15, 0.2) is 0 Å². The molecule has 0 radical (unpaired) electrons. The number of alkyl halides is 1. The van der Waals surface area contributed by atoms with Crippen LogP contribution in [0.15, 0.2) is 4.79 Å². The van der Waals surface area contributed by atoms with Gasteiger partial charge < -0.3 is 4.98 Å². The van der Waals surface area contributed by atoms with Gasteiger partial charge in [0, 0.05) is 37.0 Å². The Balaban J connectivity index is 1.86. The normalized spacial score (nSPS) is 20.9. The molecule has 0 unspecified atom stereocenters. The number of hydrogen-bond donors (Lipinski definition) is 1. The molecule has 0 aromatic carbocycles. The summed E-state index contributed by atoms with van der Waals surface area (Å²) >= 11 is 5.82. The molecule has 1 saturated carbocycles. The third-order valence-corrected chi connectivity index (χ3v) is 4.73. The Morgan fingerprint density at radius 1 is 1.30 bits per heavy atom. The molecule has 110 valence electrons. The van der Waals surface area contributed by atoms with Crippen molar-refractivity contribution in [1.29, 1.82) is 0 Å². The van der Waals surface area contributed by atoms with E-state index in [1.807, 2.05) is 0 Å². The molecule has 3 rings (SSSR count). The van der Waals surface area contributed by atoms with E-state index in [1.165, 1.54) is 19.3 Å². The number of nitrogens with one attached hydrogen (secondary N) is 1. The molecule has 1 aromatic rings. The highest BCUT2D eigenvalue weighted by molar-refractivity contribution is 6.18. The molecule has 1 aliphatic carbocycles. The first-order chi connectivity index (χ1) is 9.78. The fraction of sp³-hybridized carbons (Fsp3) is 0.733. The molecule has 2 aliphatic rings. The first kappa shape index (κ1) is 14.1. The van der Waals surface area contributed by atoms with E-state index in [2.05, 4.69) is 9.88 Å². The monoisotopic (exact) mass is 295 g/mol. The van der Waals surface area contributed by atoms with Crippen LogP contribution < -0.4 is 5.56 Å². The molecule has 5 heteroatoms. The summed E-state index contributed by atoms with van der Waals surface area (Å²) < 4.78 is 0. The van der Waals surface area contributed by atoms with E-state index in [1.54, 1.807) is 0 Å². The van der Waals surface area contributed by atoms with E-state index in [4.69, 9.17) is 16.6 Å². The number of aromatic nitrogens is 2. The van der Waals surface area contributed by atoms with Crippen molar-refractivity contribution in [2.45, 2.75) is 51.0 Å². The van der Waals surface area contributed by atoms with Crippen molar-refractivity contribution in [3.8, 4) is 0 Å². The lowest BCUT2D eigenvalue weighted by Crippen LogP contribution is -2.37. The molecule has 20 heavy (non-hydrogen) atoms. The Hall–Kier alpha value is -0.870. The molecule has 0 atom stereocenters. The van der Waals surface area contributed by atoms with Crippen molar-refractivity contribution in [2.75, 3.05) is 19.0 Å². The van der Waals surface area contributed by atoms with Crippen LogP contribution in [0.25, 0.3) is 0 Å². The van der Waals surface area contributed by atoms with Gasteiger partial charge in [-0.1, -0.05) is 19.3 Å². The third-order valence-electron chi connectivity index (χ3n) is 4.56. The van der Waals surface area contributed by atoms with Crippen molar-refractivity contribution in [1.82, 2.24) is 14.9 Å². The minimum Gasteiger partial charge on any atom is -0.310 e. The average Bonchev–Trinajstić information content (AvgIpc) is 2.48. The number of aromatic amines is 1. The predicted octanol–water partition coefficient (Wildman–Crippen LogP) is 2.41. The Kier molecular flexibility index (Phi) is 4.41. The second kappa shape index (κ2) is 6.27. The van der Waals surface area contributed by atoms with Crippen LogP contribution >= 0.6 is 11.6 Å². The third kappa shape index (κ3) is 2.91. The summed E-state index contributed by atoms with van der Waals surface area (Å²) in [6.07, 6.45) is 6.93. The molecule has 2 heterocycles. The van der Waals surface area contributed by atoms with Gasteiger partial charge in [-0.2, -0.15) is 0 Å². The van der Waals surface area contributed by atoms with Crippen LogP contribution in [0.5, 0.6) is 0 Å². The topological polar surface area (TPSA) is 49.0 Å². The van der Waals surface area contributed by atoms with E-state index in [-0.39, 0.29) is 5.56 Å². The summed E-state index contributed by atoms with van der Waals surface area (Å²) in [7, 11) is 0. The molecule has 4 nitrogen and oxygen atoms in total. The molecular formula is C15H22ClN3O. The summed E-state index contributed by atoms with van der Waals surface area (Å²) in [5.41, 5.74) is 1.95. The lowest BCUT2D eigenvalue weighted by atomic mass is 9.88. The zero-order chi connectivity index (χ0) is 13.9. The summed E-state index contributed by atoms with van der Waals surface area (Å²) in [6.45, 7) is 2.55. The lowest BCUT2D eigenvalue weighted by molar-refractivity contribution is 0.263. The van der Waals surface area contributed by atoms with Gasteiger partial charge >= 0.3 is 0 Å². The van der Waals surface area contributed by atoms with Gasteiger partial charge in [0.25, 0.3) is 5.56 Å². The minimum absolute atomic E-state index is 0.0843. The predicted molar refractivity (Wildman–Crippen MR) is 80.4 cm³/mol. The van der Waals surface area contributed by atoms with Crippen LogP contribution in [0.4, 0.5) is 0 Å². The fourth-order valence-corrected chi connectivity index (χ4v) is 3.63. The van der Waals surface area contributed by atoms with E-state index in [9.17, 15) is 4.79 Å². The van der Waals surface area contributed by atoms with Crippen LogP contribution in [0.1, 0.15) is 55.1 Å². The number of halogens is 1. The average molecular weight is 296 g/mol. The molecule has 0 bridgehead atoms. The lowest BCUT2D eigenvalue weighted by Gasteiger charge is -2.28. The summed E-state index contributed by atoms with van der Waals surface area (Å²) in [6, 6.07) is 0. The van der Waals surface area contributed by atoms with Crippen molar-refractivity contribution in [3.63, 3.8) is 0 Å². The van der Waals surface area contributed by atoms with Gasteiger partial charge in [-0.25, -0.2) is 4.98 Å². The number of rotatable bonds is 3. The summed E-state index contributed by atoms with van der Waals surface area (Å²) in [4.78, 5) is 22.4. The first-order valence-electron chi connectivity index (χ1n) is 7.68. The van der Waals surface area contributed by atoms with Crippen LogP contribution in [-0.4, -0.2) is 33.8 Å². The second-order valence-corrected chi connectivity index (χ2v) is 6.30. The number of nitrogens with zero attached hydrogens (tertiary/aromatic N) is 2. The molecular weight excluding hydrogens is 274 g/mol. The van der Waals surface area contributed by atoms with Gasteiger partial charge in [-0.15, -0.1) is 11.6 Å². The molecule has 0 spiro atoms. The van der Waals surface area contributed by atoms with E-state index in [0.29, 0.717) is 11.8 Å². The van der Waals surface area contributed by atoms with E-state index in [0.717, 1.165) is 56.0 Å². The largest absolute Gasteiger partial charge is 0.310 e. The standard InChI is InChI=1S/C15H22ClN3O/c16-7-9-19-8-6-12-13(10-19)17-14(18-15(12)20)11-4-2-1-3-5-11/h11H,1-10H2,(H,17,18,20). The Labute approximate surface area is 124 Å². The maximum absolute atomic E-state index is 12.3. The van der Waals surface area contributed by atoms with E-state index < -0.39 is 0 Å². The molecule has 1 aromatic heterocycles. The fourth-order valence-electron chi connectivity index (χ4n) is 3.39. The summed E-state index contributed by atoms with van der Waals surface area (Å²) in [5.74, 6) is 2.00. The van der Waals surface area contributed by atoms with Crippen molar-refractivity contribution in [3.05, 3.63) is 27.4 Å². The smallest absolute Gasteiger partial charge is 0.254 e. The quantitative estimate of drug-likeness (QED) is 0.871. The van der Waals surface area contributed by atoms with Crippen molar-refractivity contribution >= 4 is 11.6 Å². The Morgan fingerprint density at radius 2 is 2.10 bits per heavy atom. The maximum Gasteiger partial charge on any atom is 0.254 e. The van der Waals surface area contributed by atoms with Crippen LogP contribution in [0, 0.1) is 0 Å². The van der Waals surface area contributed by atoms with Gasteiger partial charge in [0.1, 0.15) is 5.82 Å². The number of hydrogen-bond acceptors (Lipinski definition) is 3. The van der Waals surface area contributed by atoms with Crippen LogP contribution in [0.2, 0.25) is 0 Å². The second-order valence-electron chi connectivity index (χ2n) is 5.93. The van der Waals surface area contributed by atoms with E-state index >= 15 is 0 Å². The maximum atomic E-state index is 12.3. The highest BCUT2D eigenvalue weighted by Gasteiger charge is 2.24. The Bertz CT molecular complexity index is 522. The highest BCUT2D eigenvalue weighted by Crippen LogP contribution is 2.30. The summed E-state index contributed by atoms with van der Waals surface area (Å²) in [5, 5.41) is 0. The first-order valence-corrected chi connectivity index (χ1v) is 8.21. The molecule has 0 amide bonds. The van der Waals surface area contributed by atoms with Crippen molar-refractivity contribution < 1.29 is 0 Å². The molecule has 1 N–H and O–H groups in total. The van der Waals surface area contributed by atoms with Crippen molar-refractivity contribution in [2.24, 2.45) is 0 Å². The number of fused-ring (bicyclic) bond motifs is 1. The van der Waals surface area contributed by atoms with Gasteiger partial charge in [-0.05, 0) is 19.3 Å². The Morgan fingerprint density at radius 3 is 2.85 bits per heavy atom. The minimum atomic E-state index is 0.0843. The van der Waals surface area contributed by atoms with Gasteiger partial charge in [0.2, 0.25) is 0 Å². The SMILES string of the molecule is O=c1[nH]c(C2CCCCC2)nc2c1CCN(CCCl)C2. The van der Waals surface area contributed by atoms with Gasteiger partial charge in [-0.3, -0.25) is 9.69 Å². The zero-order valence-electron chi connectivity index (χ0n) is 11.8.